The summed E-state index contributed by atoms with van der Waals surface area (Å²) in [5, 5.41) is 16.0. The Morgan fingerprint density at radius 1 is 1.10 bits per heavy atom. The van der Waals surface area contributed by atoms with E-state index in [2.05, 4.69) is 5.10 Å². The zero-order valence-corrected chi connectivity index (χ0v) is 16.6. The molecule has 1 heterocycles. The van der Waals surface area contributed by atoms with E-state index < -0.39 is 24.2 Å². The molecule has 1 aliphatic rings. The second-order valence-electron chi connectivity index (χ2n) is 7.44. The van der Waals surface area contributed by atoms with Gasteiger partial charge in [-0.3, -0.25) is 4.79 Å². The molecule has 0 saturated heterocycles. The Morgan fingerprint density at radius 2 is 1.84 bits per heavy atom. The molecule has 0 bridgehead atoms. The van der Waals surface area contributed by atoms with Crippen molar-refractivity contribution in [3.05, 3.63) is 77.9 Å². The summed E-state index contributed by atoms with van der Waals surface area (Å²) in [6.07, 6.45) is -5.83. The van der Waals surface area contributed by atoms with E-state index in [4.69, 9.17) is 4.74 Å². The number of aliphatic hydroxyl groups is 1. The van der Waals surface area contributed by atoms with Crippen molar-refractivity contribution in [1.29, 1.82) is 0 Å². The standard InChI is InChI=1S/C23H19F3N2O3/c1-15-13-22(30,23(24,25)26)28(27-15)21(29)19-8-4-5-16(11-19)14-31-20-10-9-17-6-2-3-7-18(17)12-20/h2-12,30H,13-14H2,1H3/t22-/m0/s1. The number of halogens is 3. The van der Waals surface area contributed by atoms with Crippen molar-refractivity contribution in [2.24, 2.45) is 5.10 Å². The van der Waals surface area contributed by atoms with Gasteiger partial charge < -0.3 is 9.84 Å². The van der Waals surface area contributed by atoms with Crippen LogP contribution in [0.5, 0.6) is 5.75 Å². The summed E-state index contributed by atoms with van der Waals surface area (Å²) >= 11 is 0. The van der Waals surface area contributed by atoms with Crippen LogP contribution in [-0.2, 0) is 6.61 Å². The number of hydrogen-bond donors (Lipinski definition) is 1. The quantitative estimate of drug-likeness (QED) is 0.644. The number of carbonyl (C=O) groups excluding carboxylic acids is 1. The van der Waals surface area contributed by atoms with E-state index in [1.807, 2.05) is 42.5 Å². The molecule has 0 aliphatic carbocycles. The summed E-state index contributed by atoms with van der Waals surface area (Å²) in [5.74, 6) is -0.411. The monoisotopic (exact) mass is 428 g/mol. The largest absolute Gasteiger partial charge is 0.489 e. The molecule has 0 unspecified atom stereocenters. The molecule has 1 amide bonds. The predicted molar refractivity (Wildman–Crippen MR) is 110 cm³/mol. The van der Waals surface area contributed by atoms with E-state index in [0.717, 1.165) is 10.8 Å². The molecule has 5 nitrogen and oxygen atoms in total. The van der Waals surface area contributed by atoms with Gasteiger partial charge in [0.05, 0.1) is 0 Å². The first-order chi connectivity index (χ1) is 14.7. The van der Waals surface area contributed by atoms with Crippen molar-refractivity contribution in [3.63, 3.8) is 0 Å². The maximum absolute atomic E-state index is 13.4. The van der Waals surface area contributed by atoms with Gasteiger partial charge in [0, 0.05) is 17.7 Å². The summed E-state index contributed by atoms with van der Waals surface area (Å²) in [7, 11) is 0. The summed E-state index contributed by atoms with van der Waals surface area (Å²) < 4.78 is 46.0. The van der Waals surface area contributed by atoms with Gasteiger partial charge in [0.2, 0.25) is 0 Å². The molecule has 1 atom stereocenters. The molecule has 3 aromatic rings. The normalized spacial score (nSPS) is 18.9. The highest BCUT2D eigenvalue weighted by molar-refractivity contribution is 5.98. The molecule has 0 saturated carbocycles. The van der Waals surface area contributed by atoms with E-state index >= 15 is 0 Å². The van der Waals surface area contributed by atoms with Gasteiger partial charge in [0.15, 0.2) is 0 Å². The van der Waals surface area contributed by atoms with Crippen LogP contribution in [0.15, 0.2) is 71.8 Å². The third-order valence-corrected chi connectivity index (χ3v) is 5.07. The fourth-order valence-electron chi connectivity index (χ4n) is 3.49. The molecule has 1 N–H and O–H groups in total. The van der Waals surface area contributed by atoms with Crippen molar-refractivity contribution in [3.8, 4) is 5.75 Å². The average Bonchev–Trinajstić information content (AvgIpc) is 3.07. The van der Waals surface area contributed by atoms with Gasteiger partial charge in [-0.15, -0.1) is 0 Å². The van der Waals surface area contributed by atoms with Gasteiger partial charge in [-0.05, 0) is 47.5 Å². The lowest BCUT2D eigenvalue weighted by molar-refractivity contribution is -0.297. The molecule has 4 rings (SSSR count). The number of benzene rings is 3. The van der Waals surface area contributed by atoms with E-state index in [9.17, 15) is 23.1 Å². The number of nitrogens with zero attached hydrogens (tertiary/aromatic N) is 2. The molecular weight excluding hydrogens is 409 g/mol. The first kappa shape index (κ1) is 20.9. The number of ether oxygens (including phenoxy) is 1. The Kier molecular flexibility index (Phi) is 5.18. The topological polar surface area (TPSA) is 62.1 Å². The van der Waals surface area contributed by atoms with Crippen LogP contribution in [0.4, 0.5) is 13.2 Å². The van der Waals surface area contributed by atoms with Crippen LogP contribution in [0.3, 0.4) is 0 Å². The molecular formula is C23H19F3N2O3. The van der Waals surface area contributed by atoms with Gasteiger partial charge in [0.1, 0.15) is 12.4 Å². The van der Waals surface area contributed by atoms with E-state index in [1.54, 1.807) is 12.1 Å². The SMILES string of the molecule is CC1=NN(C(=O)c2cccc(COc3ccc4ccccc4c3)c2)[C@@](O)(C(F)(F)F)C1. The van der Waals surface area contributed by atoms with Crippen LogP contribution in [0, 0.1) is 0 Å². The maximum Gasteiger partial charge on any atom is 0.438 e. The first-order valence-electron chi connectivity index (χ1n) is 9.56. The van der Waals surface area contributed by atoms with Crippen molar-refractivity contribution in [2.75, 3.05) is 0 Å². The second kappa shape index (κ2) is 7.70. The second-order valence-corrected chi connectivity index (χ2v) is 7.44. The van der Waals surface area contributed by atoms with Crippen LogP contribution < -0.4 is 4.74 Å². The minimum Gasteiger partial charge on any atom is -0.489 e. The Balaban J connectivity index is 1.53. The van der Waals surface area contributed by atoms with E-state index in [-0.39, 0.29) is 22.9 Å². The first-order valence-corrected chi connectivity index (χ1v) is 9.56. The average molecular weight is 428 g/mol. The number of fused-ring (bicyclic) bond motifs is 1. The summed E-state index contributed by atoms with van der Waals surface area (Å²) in [4.78, 5) is 12.7. The molecule has 0 aromatic heterocycles. The zero-order valence-electron chi connectivity index (χ0n) is 16.6. The lowest BCUT2D eigenvalue weighted by Gasteiger charge is -2.32. The minimum absolute atomic E-state index is 0.0176. The zero-order chi connectivity index (χ0) is 22.2. The lowest BCUT2D eigenvalue weighted by atomic mass is 10.1. The molecule has 8 heteroatoms. The predicted octanol–water partition coefficient (Wildman–Crippen LogP) is 4.89. The molecule has 0 radical (unpaired) electrons. The fourth-order valence-corrected chi connectivity index (χ4v) is 3.49. The van der Waals surface area contributed by atoms with Crippen LogP contribution in [-0.4, -0.2) is 33.6 Å². The Bertz CT molecular complexity index is 1180. The van der Waals surface area contributed by atoms with Gasteiger partial charge >= 0.3 is 6.18 Å². The number of hydrazone groups is 1. The van der Waals surface area contributed by atoms with E-state index in [1.165, 1.54) is 19.1 Å². The highest BCUT2D eigenvalue weighted by atomic mass is 19.4. The Labute approximate surface area is 176 Å². The summed E-state index contributed by atoms with van der Waals surface area (Å²) in [6.45, 7) is 1.45. The van der Waals surface area contributed by atoms with Gasteiger partial charge in [0.25, 0.3) is 11.6 Å². The summed E-state index contributed by atoms with van der Waals surface area (Å²) in [5.41, 5.74) is -2.77. The highest BCUT2D eigenvalue weighted by Crippen LogP contribution is 2.40. The number of hydrogen-bond acceptors (Lipinski definition) is 4. The smallest absolute Gasteiger partial charge is 0.438 e. The van der Waals surface area contributed by atoms with Gasteiger partial charge in [-0.2, -0.15) is 23.3 Å². The molecule has 3 aromatic carbocycles. The van der Waals surface area contributed by atoms with Crippen molar-refractivity contribution in [2.45, 2.75) is 31.9 Å². The van der Waals surface area contributed by atoms with Crippen LogP contribution in [0.25, 0.3) is 10.8 Å². The molecule has 160 valence electrons. The van der Waals surface area contributed by atoms with Crippen molar-refractivity contribution in [1.82, 2.24) is 5.01 Å². The fraction of sp³-hybridized carbons (Fsp3) is 0.217. The molecule has 0 spiro atoms. The number of amides is 1. The number of carbonyl (C=O) groups is 1. The third-order valence-electron chi connectivity index (χ3n) is 5.07. The minimum atomic E-state index is -5.04. The maximum atomic E-state index is 13.4. The van der Waals surface area contributed by atoms with Gasteiger partial charge in [-0.1, -0.05) is 42.5 Å². The number of rotatable bonds is 4. The van der Waals surface area contributed by atoms with Crippen LogP contribution >= 0.6 is 0 Å². The molecule has 1 aliphatic heterocycles. The van der Waals surface area contributed by atoms with Crippen molar-refractivity contribution >= 4 is 22.4 Å². The number of alkyl halides is 3. The lowest BCUT2D eigenvalue weighted by Crippen LogP contribution is -2.56. The third kappa shape index (κ3) is 3.98. The highest BCUT2D eigenvalue weighted by Gasteiger charge is 2.62. The Morgan fingerprint density at radius 3 is 2.58 bits per heavy atom. The van der Waals surface area contributed by atoms with Crippen molar-refractivity contribution < 1.29 is 27.8 Å². The summed E-state index contributed by atoms with van der Waals surface area (Å²) in [6, 6.07) is 19.5. The molecule has 31 heavy (non-hydrogen) atoms. The van der Waals surface area contributed by atoms with Crippen LogP contribution in [0.1, 0.15) is 29.3 Å². The van der Waals surface area contributed by atoms with Gasteiger partial charge in [-0.25, -0.2) is 0 Å². The van der Waals surface area contributed by atoms with Crippen LogP contribution in [0.2, 0.25) is 0 Å². The Hall–Kier alpha value is -3.39. The van der Waals surface area contributed by atoms with E-state index in [0.29, 0.717) is 11.3 Å². The molecule has 0 fully saturated rings.